The summed E-state index contributed by atoms with van der Waals surface area (Å²) in [6.45, 7) is 0. The molecule has 0 bridgehead atoms. The predicted octanol–water partition coefficient (Wildman–Crippen LogP) is 3.92. The molecule has 1 aromatic carbocycles. The van der Waals surface area contributed by atoms with Crippen molar-refractivity contribution in [2.75, 3.05) is 5.33 Å². The molecule has 0 N–H and O–H groups in total. The molecule has 15 heavy (non-hydrogen) atoms. The average Bonchev–Trinajstić information content (AvgIpc) is 2.29. The normalized spacial score (nSPS) is 20.1. The summed E-state index contributed by atoms with van der Waals surface area (Å²) < 4.78 is 0. The Morgan fingerprint density at radius 2 is 2.13 bits per heavy atom. The molecular weight excluding hydrogens is 252 g/mol. The topological polar surface area (TPSA) is 17.1 Å². The van der Waals surface area contributed by atoms with Gasteiger partial charge in [-0.25, -0.2) is 0 Å². The van der Waals surface area contributed by atoms with E-state index in [1.54, 1.807) is 0 Å². The molecule has 1 aliphatic rings. The maximum Gasteiger partial charge on any atom is 0.163 e. The number of rotatable bonds is 3. The molecule has 80 valence electrons. The van der Waals surface area contributed by atoms with Crippen LogP contribution in [0.1, 0.15) is 47.5 Å². The highest BCUT2D eigenvalue weighted by Crippen LogP contribution is 2.34. The number of Topliss-reactive ketones (excluding diaryl/α,β-unsaturated/α-hetero) is 1. The summed E-state index contributed by atoms with van der Waals surface area (Å²) in [7, 11) is 0. The molecule has 0 spiro atoms. The molecule has 0 saturated carbocycles. The van der Waals surface area contributed by atoms with E-state index in [9.17, 15) is 4.79 Å². The van der Waals surface area contributed by atoms with Gasteiger partial charge in [0.1, 0.15) is 0 Å². The van der Waals surface area contributed by atoms with Crippen LogP contribution in [0.25, 0.3) is 0 Å². The van der Waals surface area contributed by atoms with Crippen LogP contribution in [-0.4, -0.2) is 11.1 Å². The Bertz CT molecular complexity index is 359. The highest BCUT2D eigenvalue weighted by molar-refractivity contribution is 9.09. The largest absolute Gasteiger partial charge is 0.294 e. The summed E-state index contributed by atoms with van der Waals surface area (Å²) >= 11 is 3.46. The van der Waals surface area contributed by atoms with E-state index in [0.29, 0.717) is 11.7 Å². The van der Waals surface area contributed by atoms with Crippen molar-refractivity contribution >= 4 is 21.7 Å². The fourth-order valence-corrected chi connectivity index (χ4v) is 2.65. The molecule has 1 nitrogen and oxygen atoms in total. The molecule has 0 saturated heterocycles. The Kier molecular flexibility index (Phi) is 3.57. The van der Waals surface area contributed by atoms with Crippen molar-refractivity contribution in [3.63, 3.8) is 0 Å². The number of fused-ring (bicyclic) bond motifs is 1. The smallest absolute Gasteiger partial charge is 0.163 e. The van der Waals surface area contributed by atoms with Gasteiger partial charge in [0.15, 0.2) is 5.78 Å². The first-order valence-corrected chi connectivity index (χ1v) is 6.63. The van der Waals surface area contributed by atoms with Gasteiger partial charge < -0.3 is 0 Å². The standard InChI is InChI=1S/C13H15BrO/c14-9-3-4-10-7-8-13(15)12-6-2-1-5-11(10)12/h1-2,5-6,10H,3-4,7-9H2. The SMILES string of the molecule is O=C1CCC(CCCBr)c2ccccc21. The number of hydrogen-bond acceptors (Lipinski definition) is 1. The molecule has 2 rings (SSSR count). The van der Waals surface area contributed by atoms with Crippen LogP contribution in [0.3, 0.4) is 0 Å². The summed E-state index contributed by atoms with van der Waals surface area (Å²) in [6, 6.07) is 8.09. The quantitative estimate of drug-likeness (QED) is 0.758. The lowest BCUT2D eigenvalue weighted by Gasteiger charge is -2.24. The van der Waals surface area contributed by atoms with Crippen LogP contribution in [0.2, 0.25) is 0 Å². The van der Waals surface area contributed by atoms with Gasteiger partial charge in [-0.2, -0.15) is 0 Å². The van der Waals surface area contributed by atoms with E-state index in [4.69, 9.17) is 0 Å². The molecule has 1 unspecified atom stereocenters. The van der Waals surface area contributed by atoms with Crippen LogP contribution in [0.5, 0.6) is 0 Å². The van der Waals surface area contributed by atoms with E-state index in [1.807, 2.05) is 18.2 Å². The lowest BCUT2D eigenvalue weighted by Crippen LogP contribution is -2.15. The molecule has 0 fully saturated rings. The first-order chi connectivity index (χ1) is 7.33. The van der Waals surface area contributed by atoms with Gasteiger partial charge in [-0.15, -0.1) is 0 Å². The van der Waals surface area contributed by atoms with Crippen molar-refractivity contribution in [2.45, 2.75) is 31.6 Å². The highest BCUT2D eigenvalue weighted by atomic mass is 79.9. The first kappa shape index (κ1) is 10.9. The van der Waals surface area contributed by atoms with Crippen LogP contribution in [0.15, 0.2) is 24.3 Å². The number of alkyl halides is 1. The van der Waals surface area contributed by atoms with Crippen molar-refractivity contribution in [3.8, 4) is 0 Å². The second kappa shape index (κ2) is 4.93. The molecule has 0 aliphatic heterocycles. The third kappa shape index (κ3) is 2.31. The number of halogens is 1. The van der Waals surface area contributed by atoms with Crippen LogP contribution in [-0.2, 0) is 0 Å². The third-order valence-corrected chi connectivity index (χ3v) is 3.67. The minimum absolute atomic E-state index is 0.320. The van der Waals surface area contributed by atoms with E-state index in [-0.39, 0.29) is 0 Å². The van der Waals surface area contributed by atoms with E-state index in [1.165, 1.54) is 18.4 Å². The molecule has 0 radical (unpaired) electrons. The molecular formula is C13H15BrO. The second-order valence-corrected chi connectivity index (χ2v) is 4.87. The van der Waals surface area contributed by atoms with Gasteiger partial charge in [-0.05, 0) is 30.7 Å². The summed E-state index contributed by atoms with van der Waals surface area (Å²) in [5.74, 6) is 0.914. The van der Waals surface area contributed by atoms with Gasteiger partial charge in [0.2, 0.25) is 0 Å². The Balaban J connectivity index is 2.24. The summed E-state index contributed by atoms with van der Waals surface area (Å²) in [5.41, 5.74) is 2.23. The van der Waals surface area contributed by atoms with Crippen LogP contribution in [0, 0.1) is 0 Å². The molecule has 1 aromatic rings. The maximum absolute atomic E-state index is 11.7. The van der Waals surface area contributed by atoms with Crippen molar-refractivity contribution in [1.29, 1.82) is 0 Å². The highest BCUT2D eigenvalue weighted by Gasteiger charge is 2.24. The van der Waals surface area contributed by atoms with Gasteiger partial charge in [0.25, 0.3) is 0 Å². The van der Waals surface area contributed by atoms with Gasteiger partial charge in [-0.1, -0.05) is 40.2 Å². The zero-order chi connectivity index (χ0) is 10.7. The summed E-state index contributed by atoms with van der Waals surface area (Å²) in [6.07, 6.45) is 4.13. The maximum atomic E-state index is 11.7. The van der Waals surface area contributed by atoms with Gasteiger partial charge in [0.05, 0.1) is 0 Å². The van der Waals surface area contributed by atoms with Crippen LogP contribution < -0.4 is 0 Å². The summed E-state index contributed by atoms with van der Waals surface area (Å²) in [5, 5.41) is 1.06. The Hall–Kier alpha value is -0.630. The molecule has 2 heteroatoms. The van der Waals surface area contributed by atoms with E-state index < -0.39 is 0 Å². The lowest BCUT2D eigenvalue weighted by molar-refractivity contribution is 0.0966. The molecule has 1 aliphatic carbocycles. The number of benzene rings is 1. The van der Waals surface area contributed by atoms with E-state index in [0.717, 1.165) is 23.7 Å². The minimum atomic E-state index is 0.320. The number of carbonyl (C=O) groups is 1. The van der Waals surface area contributed by atoms with E-state index in [2.05, 4.69) is 22.0 Å². The van der Waals surface area contributed by atoms with Crippen molar-refractivity contribution in [1.82, 2.24) is 0 Å². The first-order valence-electron chi connectivity index (χ1n) is 5.51. The van der Waals surface area contributed by atoms with Crippen molar-refractivity contribution in [3.05, 3.63) is 35.4 Å². The fraction of sp³-hybridized carbons (Fsp3) is 0.462. The lowest BCUT2D eigenvalue weighted by atomic mass is 9.80. The van der Waals surface area contributed by atoms with E-state index >= 15 is 0 Å². The zero-order valence-electron chi connectivity index (χ0n) is 8.71. The van der Waals surface area contributed by atoms with Gasteiger partial charge in [-0.3, -0.25) is 4.79 Å². The zero-order valence-corrected chi connectivity index (χ0v) is 10.3. The van der Waals surface area contributed by atoms with Gasteiger partial charge in [0, 0.05) is 17.3 Å². The Labute approximate surface area is 99.0 Å². The van der Waals surface area contributed by atoms with Crippen LogP contribution in [0.4, 0.5) is 0 Å². The molecule has 0 aromatic heterocycles. The minimum Gasteiger partial charge on any atom is -0.294 e. The fourth-order valence-electron chi connectivity index (χ4n) is 2.33. The van der Waals surface area contributed by atoms with Crippen molar-refractivity contribution < 1.29 is 4.79 Å². The number of ketones is 1. The molecule has 0 heterocycles. The Morgan fingerprint density at radius 3 is 2.93 bits per heavy atom. The molecule has 1 atom stereocenters. The monoisotopic (exact) mass is 266 g/mol. The average molecular weight is 267 g/mol. The van der Waals surface area contributed by atoms with Crippen molar-refractivity contribution in [2.24, 2.45) is 0 Å². The number of carbonyl (C=O) groups excluding carboxylic acids is 1. The number of hydrogen-bond donors (Lipinski definition) is 0. The summed E-state index contributed by atoms with van der Waals surface area (Å²) in [4.78, 5) is 11.7. The second-order valence-electron chi connectivity index (χ2n) is 4.08. The predicted molar refractivity (Wildman–Crippen MR) is 65.8 cm³/mol. The third-order valence-electron chi connectivity index (χ3n) is 3.11. The molecule has 0 amide bonds. The Morgan fingerprint density at radius 1 is 1.33 bits per heavy atom. The van der Waals surface area contributed by atoms with Crippen LogP contribution >= 0.6 is 15.9 Å². The van der Waals surface area contributed by atoms with Gasteiger partial charge >= 0.3 is 0 Å².